The Labute approximate surface area is 173 Å². The number of aromatic nitrogens is 2. The van der Waals surface area contributed by atoms with E-state index in [1.54, 1.807) is 11.0 Å². The van der Waals surface area contributed by atoms with E-state index < -0.39 is 11.7 Å². The van der Waals surface area contributed by atoms with Crippen molar-refractivity contribution in [2.75, 3.05) is 33.7 Å². The lowest BCUT2D eigenvalue weighted by atomic mass is 10.1. The molecule has 1 aromatic carbocycles. The van der Waals surface area contributed by atoms with Crippen molar-refractivity contribution >= 4 is 18.3 Å². The van der Waals surface area contributed by atoms with Crippen molar-refractivity contribution in [2.45, 2.75) is 25.7 Å². The van der Waals surface area contributed by atoms with Gasteiger partial charge in [0.2, 0.25) is 0 Å². The Balaban J connectivity index is 0.00000300. The van der Waals surface area contributed by atoms with Crippen LogP contribution in [0.15, 0.2) is 24.3 Å². The molecule has 0 spiro atoms. The Bertz CT molecular complexity index is 837. The standard InChI is InChI=1S/C19H24F3N5O.ClH/c1-26(2)8-9-27(12-13-4-3-5-14(10-13)19(20,21)22)18(28)17-15-11-23-7-6-16(15)24-25-17;/h3-5,10,23H,6-9,11-12H2,1-2H3,(H,24,25);1H. The van der Waals surface area contributed by atoms with E-state index in [0.29, 0.717) is 30.9 Å². The topological polar surface area (TPSA) is 64.3 Å². The zero-order valence-corrected chi connectivity index (χ0v) is 17.2. The van der Waals surface area contributed by atoms with Crippen LogP contribution in [0, 0.1) is 0 Å². The zero-order chi connectivity index (χ0) is 20.3. The summed E-state index contributed by atoms with van der Waals surface area (Å²) in [5, 5.41) is 10.3. The van der Waals surface area contributed by atoms with E-state index in [0.717, 1.165) is 36.4 Å². The Morgan fingerprint density at radius 2 is 2.00 bits per heavy atom. The van der Waals surface area contributed by atoms with E-state index >= 15 is 0 Å². The molecule has 2 aromatic rings. The Hall–Kier alpha value is -2.10. The summed E-state index contributed by atoms with van der Waals surface area (Å²) in [6.45, 7) is 2.44. The largest absolute Gasteiger partial charge is 0.416 e. The lowest BCUT2D eigenvalue weighted by molar-refractivity contribution is -0.137. The van der Waals surface area contributed by atoms with E-state index in [-0.39, 0.29) is 24.9 Å². The molecule has 1 aliphatic rings. The van der Waals surface area contributed by atoms with Gasteiger partial charge >= 0.3 is 6.18 Å². The van der Waals surface area contributed by atoms with Gasteiger partial charge < -0.3 is 15.1 Å². The number of amides is 1. The normalized spacial score (nSPS) is 13.7. The summed E-state index contributed by atoms with van der Waals surface area (Å²) >= 11 is 0. The van der Waals surface area contributed by atoms with Crippen LogP contribution in [0.3, 0.4) is 0 Å². The third-order valence-electron chi connectivity index (χ3n) is 4.74. The summed E-state index contributed by atoms with van der Waals surface area (Å²) in [6.07, 6.45) is -3.65. The summed E-state index contributed by atoms with van der Waals surface area (Å²) < 4.78 is 39.1. The van der Waals surface area contributed by atoms with Gasteiger partial charge in [0.05, 0.1) is 5.56 Å². The second kappa shape index (κ2) is 9.60. The highest BCUT2D eigenvalue weighted by molar-refractivity contribution is 5.94. The molecule has 6 nitrogen and oxygen atoms in total. The lowest BCUT2D eigenvalue weighted by Gasteiger charge is -2.25. The molecule has 0 fully saturated rings. The quantitative estimate of drug-likeness (QED) is 0.738. The van der Waals surface area contributed by atoms with Crippen LogP contribution in [0.25, 0.3) is 0 Å². The number of fused-ring (bicyclic) bond motifs is 1. The van der Waals surface area contributed by atoms with Gasteiger partial charge in [-0.05, 0) is 31.8 Å². The highest BCUT2D eigenvalue weighted by Crippen LogP contribution is 2.30. The molecule has 1 aliphatic heterocycles. The molecule has 160 valence electrons. The van der Waals surface area contributed by atoms with Crippen molar-refractivity contribution in [3.05, 3.63) is 52.3 Å². The van der Waals surface area contributed by atoms with Crippen molar-refractivity contribution in [2.24, 2.45) is 0 Å². The summed E-state index contributed by atoms with van der Waals surface area (Å²) in [5.41, 5.74) is 1.84. The second-order valence-electron chi connectivity index (χ2n) is 7.18. The molecular formula is C19H25ClF3N5O. The van der Waals surface area contributed by atoms with Gasteiger partial charge in [-0.15, -0.1) is 12.4 Å². The van der Waals surface area contributed by atoms with Crippen LogP contribution in [-0.4, -0.2) is 59.6 Å². The number of nitrogens with one attached hydrogen (secondary N) is 2. The molecule has 0 atom stereocenters. The number of nitrogens with zero attached hydrogens (tertiary/aromatic N) is 3. The molecule has 3 rings (SSSR count). The number of carbonyl (C=O) groups excluding carboxylic acids is 1. The van der Waals surface area contributed by atoms with Gasteiger partial charge in [-0.25, -0.2) is 0 Å². The van der Waals surface area contributed by atoms with Crippen molar-refractivity contribution in [3.63, 3.8) is 0 Å². The summed E-state index contributed by atoms with van der Waals surface area (Å²) in [4.78, 5) is 16.6. The molecule has 0 unspecified atom stereocenters. The molecule has 0 bridgehead atoms. The maximum atomic E-state index is 13.2. The first-order chi connectivity index (χ1) is 13.3. The Morgan fingerprint density at radius 1 is 1.24 bits per heavy atom. The number of rotatable bonds is 6. The van der Waals surface area contributed by atoms with Gasteiger partial charge in [-0.2, -0.15) is 18.3 Å². The molecule has 0 radical (unpaired) electrons. The number of aromatic amines is 1. The summed E-state index contributed by atoms with van der Waals surface area (Å²) in [6, 6.07) is 5.10. The number of hydrogen-bond donors (Lipinski definition) is 2. The maximum Gasteiger partial charge on any atom is 0.416 e. The number of likely N-dealkylation sites (N-methyl/N-ethyl adjacent to an activating group) is 1. The second-order valence-corrected chi connectivity index (χ2v) is 7.18. The third-order valence-corrected chi connectivity index (χ3v) is 4.74. The van der Waals surface area contributed by atoms with E-state index in [1.807, 2.05) is 19.0 Å². The van der Waals surface area contributed by atoms with E-state index in [9.17, 15) is 18.0 Å². The van der Waals surface area contributed by atoms with Crippen LogP contribution in [-0.2, 0) is 25.7 Å². The van der Waals surface area contributed by atoms with Crippen LogP contribution in [0.2, 0.25) is 0 Å². The van der Waals surface area contributed by atoms with Crippen molar-refractivity contribution in [1.82, 2.24) is 25.3 Å². The fourth-order valence-electron chi connectivity index (χ4n) is 3.19. The first-order valence-corrected chi connectivity index (χ1v) is 9.12. The number of H-pyrrole nitrogens is 1. The lowest BCUT2D eigenvalue weighted by Crippen LogP contribution is -2.37. The van der Waals surface area contributed by atoms with Crippen molar-refractivity contribution in [1.29, 1.82) is 0 Å². The smallest absolute Gasteiger partial charge is 0.332 e. The van der Waals surface area contributed by atoms with Gasteiger partial charge in [0.25, 0.3) is 5.91 Å². The molecular weight excluding hydrogens is 407 g/mol. The Kier molecular flexibility index (Phi) is 7.67. The van der Waals surface area contributed by atoms with Gasteiger partial charge in [0, 0.05) is 50.4 Å². The van der Waals surface area contributed by atoms with Crippen molar-refractivity contribution in [3.8, 4) is 0 Å². The number of hydrogen-bond acceptors (Lipinski definition) is 4. The Morgan fingerprint density at radius 3 is 2.69 bits per heavy atom. The molecule has 0 saturated carbocycles. The molecule has 10 heteroatoms. The first kappa shape index (κ1) is 23.2. The molecule has 1 amide bonds. The molecule has 0 saturated heterocycles. The zero-order valence-electron chi connectivity index (χ0n) is 16.3. The summed E-state index contributed by atoms with van der Waals surface area (Å²) in [5.74, 6) is -0.277. The average molecular weight is 432 g/mol. The fraction of sp³-hybridized carbons (Fsp3) is 0.474. The maximum absolute atomic E-state index is 13.2. The molecule has 0 aliphatic carbocycles. The molecule has 1 aromatic heterocycles. The van der Waals surface area contributed by atoms with E-state index in [1.165, 1.54) is 6.07 Å². The fourth-order valence-corrected chi connectivity index (χ4v) is 3.19. The highest BCUT2D eigenvalue weighted by Gasteiger charge is 2.31. The van der Waals surface area contributed by atoms with Crippen LogP contribution < -0.4 is 5.32 Å². The van der Waals surface area contributed by atoms with E-state index in [2.05, 4.69) is 15.5 Å². The minimum absolute atomic E-state index is 0. The van der Waals surface area contributed by atoms with Crippen LogP contribution >= 0.6 is 12.4 Å². The highest BCUT2D eigenvalue weighted by atomic mass is 35.5. The van der Waals surface area contributed by atoms with Gasteiger partial charge in [-0.1, -0.05) is 12.1 Å². The minimum Gasteiger partial charge on any atom is -0.332 e. The van der Waals surface area contributed by atoms with Crippen LogP contribution in [0.5, 0.6) is 0 Å². The number of benzene rings is 1. The predicted molar refractivity (Wildman–Crippen MR) is 106 cm³/mol. The molecule has 2 heterocycles. The van der Waals surface area contributed by atoms with E-state index in [4.69, 9.17) is 0 Å². The minimum atomic E-state index is -4.42. The number of halogens is 4. The van der Waals surface area contributed by atoms with Crippen LogP contribution in [0.1, 0.15) is 32.9 Å². The number of carbonyl (C=O) groups is 1. The van der Waals surface area contributed by atoms with Crippen molar-refractivity contribution < 1.29 is 18.0 Å². The molecule has 2 N–H and O–H groups in total. The monoisotopic (exact) mass is 431 g/mol. The van der Waals surface area contributed by atoms with Gasteiger partial charge in [-0.3, -0.25) is 9.89 Å². The SMILES string of the molecule is CN(C)CCN(Cc1cccc(C(F)(F)F)c1)C(=O)c1n[nH]c2c1CNCC2.Cl. The number of alkyl halides is 3. The van der Waals surface area contributed by atoms with Gasteiger partial charge in [0.1, 0.15) is 0 Å². The van der Waals surface area contributed by atoms with Crippen LogP contribution in [0.4, 0.5) is 13.2 Å². The third kappa shape index (κ3) is 5.71. The van der Waals surface area contributed by atoms with Gasteiger partial charge in [0.15, 0.2) is 5.69 Å². The molecule has 29 heavy (non-hydrogen) atoms. The predicted octanol–water partition coefficient (Wildman–Crippen LogP) is 2.70. The first-order valence-electron chi connectivity index (χ1n) is 9.12. The average Bonchev–Trinajstić information content (AvgIpc) is 3.08. The summed E-state index contributed by atoms with van der Waals surface area (Å²) in [7, 11) is 3.76.